The van der Waals surface area contributed by atoms with Gasteiger partial charge >= 0.3 is 0 Å². The van der Waals surface area contributed by atoms with E-state index in [1.807, 2.05) is 79.1 Å². The van der Waals surface area contributed by atoms with E-state index < -0.39 is 12.0 Å². The number of Topliss-reactive ketones (excluding diaryl/α,β-unsaturated/α-hetero) is 2. The summed E-state index contributed by atoms with van der Waals surface area (Å²) in [5, 5.41) is 2.90. The van der Waals surface area contributed by atoms with Crippen molar-refractivity contribution in [1.82, 2.24) is 5.32 Å². The number of ketones is 2. The van der Waals surface area contributed by atoms with E-state index in [4.69, 9.17) is 35.2 Å². The molecule has 9 rings (SSSR count). The van der Waals surface area contributed by atoms with Crippen molar-refractivity contribution in [2.24, 2.45) is 28.3 Å². The average Bonchev–Trinajstić information content (AvgIpc) is 1.65. The van der Waals surface area contributed by atoms with Gasteiger partial charge in [-0.05, 0) is 185 Å². The highest BCUT2D eigenvalue weighted by atomic mass is 33.1. The second kappa shape index (κ2) is 32.0. The van der Waals surface area contributed by atoms with Crippen molar-refractivity contribution in [2.75, 3.05) is 73.6 Å². The summed E-state index contributed by atoms with van der Waals surface area (Å²) in [4.78, 5) is 78.8. The molecule has 3 amide bonds. The van der Waals surface area contributed by atoms with Gasteiger partial charge in [-0.1, -0.05) is 78.8 Å². The van der Waals surface area contributed by atoms with Crippen LogP contribution in [0.1, 0.15) is 153 Å². The van der Waals surface area contributed by atoms with Gasteiger partial charge in [-0.15, -0.1) is 0 Å². The fraction of sp³-hybridized carbons (Fsp3) is 0.500. The van der Waals surface area contributed by atoms with E-state index in [2.05, 4.69) is 78.4 Å². The predicted octanol–water partition coefficient (Wildman–Crippen LogP) is 11.7. The zero-order chi connectivity index (χ0) is 64.8. The van der Waals surface area contributed by atoms with Crippen LogP contribution in [0.2, 0.25) is 0 Å². The molecule has 4 atom stereocenters. The maximum absolute atomic E-state index is 14.4. The van der Waals surface area contributed by atoms with Gasteiger partial charge in [0.05, 0.1) is 33.0 Å². The van der Waals surface area contributed by atoms with E-state index in [-0.39, 0.29) is 77.6 Å². The lowest BCUT2D eigenvalue weighted by atomic mass is 9.91. The van der Waals surface area contributed by atoms with Crippen LogP contribution in [0.5, 0.6) is 17.2 Å². The number of carbonyl (C=O) groups is 5. The van der Waals surface area contributed by atoms with Crippen molar-refractivity contribution >= 4 is 73.9 Å². The fourth-order valence-corrected chi connectivity index (χ4v) is 15.3. The van der Waals surface area contributed by atoms with Crippen LogP contribution in [0.25, 0.3) is 0 Å². The number of carbonyl (C=O) groups excluding carboxylic acids is 5. The molecule has 5 aromatic carbocycles. The summed E-state index contributed by atoms with van der Waals surface area (Å²) in [7, 11) is 5.09. The molecule has 5 N–H and O–H groups in total. The number of hydrogen-bond acceptors (Lipinski definition) is 14. The van der Waals surface area contributed by atoms with Crippen LogP contribution < -0.4 is 45.7 Å². The largest absolute Gasteiger partial charge is 0.493 e. The van der Waals surface area contributed by atoms with Crippen LogP contribution in [-0.2, 0) is 62.8 Å². The van der Waals surface area contributed by atoms with Gasteiger partial charge < -0.3 is 55.2 Å². The number of aryl methyl sites for hydroxylation is 3. The SMILES string of the molecule is CCCOCCOCCN(CC(C)(C)SSCCCC(=O)[C@@H](C)NC(=O)[C@@H](CCCN=C(N)N)CC(=O)C(C)C)c1cc(COc2cc3c(cc2C)C(=O)N2c4ccccc4C[C@H]2CC3)cc(COc2cc3c(cc2OC)C(=O)N2c4ccccc4C[C@H]2CC3)c1. The molecule has 4 heterocycles. The third-order valence-electron chi connectivity index (χ3n) is 17.6. The number of nitrogens with two attached hydrogens (primary N) is 2. The summed E-state index contributed by atoms with van der Waals surface area (Å²) < 4.78 is 31.3. The first-order chi connectivity index (χ1) is 43.8. The molecule has 0 aromatic heterocycles. The van der Waals surface area contributed by atoms with Gasteiger partial charge in [0.2, 0.25) is 5.91 Å². The maximum atomic E-state index is 14.4. The molecule has 0 aliphatic carbocycles. The average molecular weight is 1280 g/mol. The zero-order valence-electron chi connectivity index (χ0n) is 54.4. The molecule has 0 unspecified atom stereocenters. The third kappa shape index (κ3) is 17.8. The standard InChI is InChI=1S/C72H93N7O10S2/c1-9-28-86-30-31-87-29-27-77(45-72(6,7)91-90-32-15-21-63(80)48(5)76-68(82)55(39-64(81)46(2)3)18-14-26-75-71(73)74)58-35-49(43-88-65-40-51-22-24-56-37-53-16-10-12-19-61(53)78(56)69(83)59(51)33-47(65)4)34-50(36-58)44-89-67-41-52-23-25-57-38-54-17-11-13-20-62(54)79(57)70(84)60(52)42-66(67)85-8/h10-13,16-17,19-20,33-36,40-42,46,48,55-57H,9,14-15,18,21-32,37-39,43-45H2,1-8H3,(H,76,82)(H4,73,74,75)/t48-,55+,56-,57-/m1/s1. The van der Waals surface area contributed by atoms with Crippen LogP contribution >= 0.6 is 21.6 Å². The van der Waals surface area contributed by atoms with Crippen LogP contribution in [0, 0.1) is 18.8 Å². The number of nitrogens with zero attached hydrogens (tertiary/aromatic N) is 4. The lowest BCUT2D eigenvalue weighted by Crippen LogP contribution is -2.42. The summed E-state index contributed by atoms with van der Waals surface area (Å²) in [5.74, 6) is 1.27. The summed E-state index contributed by atoms with van der Waals surface area (Å²) in [5.41, 5.74) is 22.3. The Hall–Kier alpha value is -7.06. The van der Waals surface area contributed by atoms with Crippen LogP contribution in [0.4, 0.5) is 17.1 Å². The lowest BCUT2D eigenvalue weighted by Gasteiger charge is -2.34. The second-order valence-corrected chi connectivity index (χ2v) is 28.6. The highest BCUT2D eigenvalue weighted by Gasteiger charge is 2.39. The van der Waals surface area contributed by atoms with Gasteiger partial charge in [0.15, 0.2) is 23.2 Å². The Labute approximate surface area is 545 Å². The molecule has 0 spiro atoms. The number of ether oxygens (including phenoxy) is 5. The summed E-state index contributed by atoms with van der Waals surface area (Å²) in [6.45, 7) is 18.0. The minimum atomic E-state index is -0.705. The molecule has 0 radical (unpaired) electrons. The molecule has 4 aliphatic heterocycles. The lowest BCUT2D eigenvalue weighted by molar-refractivity contribution is -0.133. The first-order valence-electron chi connectivity index (χ1n) is 32.5. The molecule has 0 bridgehead atoms. The number of amides is 3. The number of aliphatic imine (C=N–C) groups is 1. The maximum Gasteiger partial charge on any atom is 0.258 e. The Morgan fingerprint density at radius 3 is 1.93 bits per heavy atom. The molecule has 91 heavy (non-hydrogen) atoms. The summed E-state index contributed by atoms with van der Waals surface area (Å²) >= 11 is 0. The summed E-state index contributed by atoms with van der Waals surface area (Å²) in [6.07, 6.45) is 7.72. The van der Waals surface area contributed by atoms with Gasteiger partial charge in [0, 0.05) is 102 Å². The smallest absolute Gasteiger partial charge is 0.258 e. The van der Waals surface area contributed by atoms with E-state index >= 15 is 0 Å². The van der Waals surface area contributed by atoms with Gasteiger partial charge in [-0.2, -0.15) is 0 Å². The Morgan fingerprint density at radius 2 is 1.33 bits per heavy atom. The van der Waals surface area contributed by atoms with Crippen LogP contribution in [0.3, 0.4) is 0 Å². The molecule has 0 fully saturated rings. The number of rotatable bonds is 34. The van der Waals surface area contributed by atoms with E-state index in [1.165, 1.54) is 11.1 Å². The highest BCUT2D eigenvalue weighted by molar-refractivity contribution is 8.77. The van der Waals surface area contributed by atoms with Crippen LogP contribution in [-0.4, -0.2) is 117 Å². The van der Waals surface area contributed by atoms with Crippen molar-refractivity contribution in [1.29, 1.82) is 0 Å². The number of anilines is 3. The van der Waals surface area contributed by atoms with Crippen molar-refractivity contribution in [2.45, 2.75) is 162 Å². The molecule has 17 nitrogen and oxygen atoms in total. The van der Waals surface area contributed by atoms with Crippen molar-refractivity contribution in [3.05, 3.63) is 141 Å². The Kier molecular flexibility index (Phi) is 24.0. The first-order valence-corrected chi connectivity index (χ1v) is 34.8. The number of methoxy groups -OCH3 is 1. The molecule has 5 aromatic rings. The number of fused-ring (bicyclic) bond motifs is 8. The molecular formula is C72H93N7O10S2. The summed E-state index contributed by atoms with van der Waals surface area (Å²) in [6, 6.07) is 30.3. The van der Waals surface area contributed by atoms with Crippen molar-refractivity contribution < 1.29 is 47.7 Å². The van der Waals surface area contributed by atoms with E-state index in [0.717, 1.165) is 101 Å². The molecule has 19 heteroatoms. The molecule has 0 saturated heterocycles. The second-order valence-electron chi connectivity index (χ2n) is 25.5. The quantitative estimate of drug-likeness (QED) is 0.0151. The van der Waals surface area contributed by atoms with Crippen molar-refractivity contribution in [3.63, 3.8) is 0 Å². The minimum absolute atomic E-state index is 0.0109. The highest BCUT2D eigenvalue weighted by Crippen LogP contribution is 2.43. The van der Waals surface area contributed by atoms with Gasteiger partial charge in [-0.25, -0.2) is 0 Å². The zero-order valence-corrected chi connectivity index (χ0v) is 56.1. The Balaban J connectivity index is 0.922. The molecule has 0 saturated carbocycles. The first kappa shape index (κ1) is 68.3. The van der Waals surface area contributed by atoms with Gasteiger partial charge in [0.25, 0.3) is 11.8 Å². The van der Waals surface area contributed by atoms with E-state index in [9.17, 15) is 24.0 Å². The third-order valence-corrected chi connectivity index (χ3v) is 20.9. The van der Waals surface area contributed by atoms with Gasteiger partial charge in [-0.3, -0.25) is 29.0 Å². The van der Waals surface area contributed by atoms with Crippen molar-refractivity contribution in [3.8, 4) is 17.2 Å². The van der Waals surface area contributed by atoms with Crippen LogP contribution in [0.15, 0.2) is 96.0 Å². The number of para-hydroxylation sites is 2. The van der Waals surface area contributed by atoms with E-state index in [1.54, 1.807) is 35.6 Å². The Morgan fingerprint density at radius 1 is 0.736 bits per heavy atom. The molecular weight excluding hydrogens is 1190 g/mol. The predicted molar refractivity (Wildman–Crippen MR) is 365 cm³/mol. The topological polar surface area (TPSA) is 218 Å². The number of guanidine groups is 1. The molecule has 488 valence electrons. The normalized spacial score (nSPS) is 16.3. The van der Waals surface area contributed by atoms with E-state index in [0.29, 0.717) is 94.6 Å². The number of hydrogen-bond donors (Lipinski definition) is 3. The Bertz CT molecular complexity index is 3420. The minimum Gasteiger partial charge on any atom is -0.493 e. The fourth-order valence-electron chi connectivity index (χ4n) is 12.7. The monoisotopic (exact) mass is 1280 g/mol. The number of nitrogens with one attached hydrogen (secondary N) is 1. The molecule has 4 aliphatic rings. The number of benzene rings is 5. The van der Waals surface area contributed by atoms with Gasteiger partial charge in [0.1, 0.15) is 24.7 Å².